The van der Waals surface area contributed by atoms with Gasteiger partial charge in [-0.3, -0.25) is 24.2 Å². The molecule has 0 aliphatic carbocycles. The van der Waals surface area contributed by atoms with Crippen molar-refractivity contribution >= 4 is 17.8 Å². The molecule has 0 atom stereocenters. The lowest BCUT2D eigenvalue weighted by atomic mass is 10.1. The number of esters is 1. The van der Waals surface area contributed by atoms with E-state index in [1.54, 1.807) is 0 Å². The summed E-state index contributed by atoms with van der Waals surface area (Å²) in [6.45, 7) is 19.9. The van der Waals surface area contributed by atoms with Crippen molar-refractivity contribution < 1.29 is 19.1 Å². The van der Waals surface area contributed by atoms with E-state index in [1.807, 2.05) is 9.80 Å². The van der Waals surface area contributed by atoms with Gasteiger partial charge in [0.25, 0.3) is 0 Å². The molecule has 1 aliphatic rings. The first-order valence-corrected chi connectivity index (χ1v) is 27.7. The highest BCUT2D eigenvalue weighted by Crippen LogP contribution is 2.14. The van der Waals surface area contributed by atoms with E-state index in [0.717, 1.165) is 77.9 Å². The maximum Gasteiger partial charge on any atom is 0.305 e. The number of hydrogen-bond donors (Lipinski definition) is 0. The standard InChI is InChI=1S/C54H107N5O4/c1-6-10-14-18-22-28-34-40-55(39-33-27-21-17-13-9-4)44-45-57(43-37-31-25-26-32-38-54(62)63-5)51-53(61)59-48-46-58(47-49-59)52(60)50-56(41-35-29-23-19-15-11-7-2)42-36-30-24-20-16-12-8-3/h6-51H2,1-5H3. The largest absolute Gasteiger partial charge is 0.469 e. The Morgan fingerprint density at radius 2 is 0.603 bits per heavy atom. The highest BCUT2D eigenvalue weighted by Gasteiger charge is 2.26. The number of methoxy groups -OCH3 is 1. The summed E-state index contributed by atoms with van der Waals surface area (Å²) in [6, 6.07) is 0. The molecule has 9 heteroatoms. The highest BCUT2D eigenvalue weighted by molar-refractivity contribution is 5.80. The van der Waals surface area contributed by atoms with Gasteiger partial charge in [-0.25, -0.2) is 0 Å². The summed E-state index contributed by atoms with van der Waals surface area (Å²) < 4.78 is 4.82. The summed E-state index contributed by atoms with van der Waals surface area (Å²) in [6.07, 6.45) is 41.1. The molecule has 0 aromatic heterocycles. The molecule has 0 bridgehead atoms. The Labute approximate surface area is 391 Å². The van der Waals surface area contributed by atoms with E-state index in [9.17, 15) is 14.4 Å². The van der Waals surface area contributed by atoms with Gasteiger partial charge in [0.05, 0.1) is 20.2 Å². The molecule has 63 heavy (non-hydrogen) atoms. The quantitative estimate of drug-likeness (QED) is 0.0445. The fourth-order valence-electron chi connectivity index (χ4n) is 9.18. The van der Waals surface area contributed by atoms with E-state index < -0.39 is 0 Å². The van der Waals surface area contributed by atoms with E-state index >= 15 is 0 Å². The van der Waals surface area contributed by atoms with Crippen LogP contribution in [0.1, 0.15) is 240 Å². The maximum atomic E-state index is 14.0. The molecule has 1 rings (SSSR count). The summed E-state index contributed by atoms with van der Waals surface area (Å²) in [5.41, 5.74) is 0. The molecule has 0 radical (unpaired) electrons. The highest BCUT2D eigenvalue weighted by atomic mass is 16.5. The van der Waals surface area contributed by atoms with Crippen LogP contribution >= 0.6 is 0 Å². The Hall–Kier alpha value is -1.71. The Kier molecular flexibility index (Phi) is 41.6. The predicted octanol–water partition coefficient (Wildman–Crippen LogP) is 12.7. The third-order valence-electron chi connectivity index (χ3n) is 13.6. The Morgan fingerprint density at radius 3 is 0.921 bits per heavy atom. The van der Waals surface area contributed by atoms with Crippen molar-refractivity contribution in [3.63, 3.8) is 0 Å². The molecule has 2 amide bonds. The van der Waals surface area contributed by atoms with Crippen LogP contribution in [0.4, 0.5) is 0 Å². The second kappa shape index (κ2) is 44.1. The first-order chi connectivity index (χ1) is 30.9. The first kappa shape index (κ1) is 59.3. The van der Waals surface area contributed by atoms with Crippen molar-refractivity contribution in [3.05, 3.63) is 0 Å². The summed E-state index contributed by atoms with van der Waals surface area (Å²) in [5, 5.41) is 0. The van der Waals surface area contributed by atoms with Crippen LogP contribution < -0.4 is 0 Å². The number of rotatable bonds is 46. The average molecular weight is 890 g/mol. The molecule has 1 heterocycles. The van der Waals surface area contributed by atoms with Gasteiger partial charge in [-0.15, -0.1) is 0 Å². The molecule has 1 aliphatic heterocycles. The molecule has 0 saturated carbocycles. The number of carbonyl (C=O) groups excluding carboxylic acids is 3. The molecular weight excluding hydrogens is 783 g/mol. The SMILES string of the molecule is CCCCCCCCCN(CCCCCCCC)CCN(CCCCCCCC(=O)OC)CC(=O)N1CCN(C(=O)CN(CCCCCCCCC)CCCCCCCCC)CC1. The number of nitrogens with zero attached hydrogens (tertiary/aromatic N) is 5. The van der Waals surface area contributed by atoms with Gasteiger partial charge >= 0.3 is 5.97 Å². The van der Waals surface area contributed by atoms with Gasteiger partial charge in [0, 0.05) is 45.7 Å². The number of piperazine rings is 1. The van der Waals surface area contributed by atoms with Crippen molar-refractivity contribution in [2.45, 2.75) is 240 Å². The molecule has 0 spiro atoms. The Balaban J connectivity index is 2.79. The minimum absolute atomic E-state index is 0.119. The van der Waals surface area contributed by atoms with E-state index in [0.29, 0.717) is 45.7 Å². The number of carbonyl (C=O) groups is 3. The van der Waals surface area contributed by atoms with Gasteiger partial charge in [0.1, 0.15) is 0 Å². The number of unbranched alkanes of at least 4 members (excludes halogenated alkanes) is 27. The normalized spacial score (nSPS) is 13.3. The molecule has 0 aromatic rings. The zero-order chi connectivity index (χ0) is 45.9. The maximum absolute atomic E-state index is 14.0. The lowest BCUT2D eigenvalue weighted by Gasteiger charge is -2.37. The second-order valence-electron chi connectivity index (χ2n) is 19.4. The van der Waals surface area contributed by atoms with Gasteiger partial charge in [0.2, 0.25) is 11.8 Å². The van der Waals surface area contributed by atoms with Gasteiger partial charge in [-0.05, 0) is 71.2 Å². The molecule has 0 N–H and O–H groups in total. The second-order valence-corrected chi connectivity index (χ2v) is 19.4. The van der Waals surface area contributed by atoms with Gasteiger partial charge < -0.3 is 19.4 Å². The molecule has 372 valence electrons. The third-order valence-corrected chi connectivity index (χ3v) is 13.6. The van der Waals surface area contributed by atoms with Gasteiger partial charge in [-0.1, -0.05) is 195 Å². The minimum atomic E-state index is -0.119. The van der Waals surface area contributed by atoms with Crippen LogP contribution in [-0.2, 0) is 19.1 Å². The van der Waals surface area contributed by atoms with Crippen LogP contribution in [0.3, 0.4) is 0 Å². The van der Waals surface area contributed by atoms with Crippen LogP contribution in [-0.4, -0.2) is 134 Å². The summed E-state index contributed by atoms with van der Waals surface area (Å²) >= 11 is 0. The number of ether oxygens (including phenoxy) is 1. The van der Waals surface area contributed by atoms with E-state index in [4.69, 9.17) is 4.74 Å². The first-order valence-electron chi connectivity index (χ1n) is 27.7. The van der Waals surface area contributed by atoms with Gasteiger partial charge in [0.15, 0.2) is 0 Å². The fourth-order valence-corrected chi connectivity index (χ4v) is 9.18. The number of amides is 2. The molecule has 0 aromatic carbocycles. The van der Waals surface area contributed by atoms with E-state index in [2.05, 4.69) is 42.4 Å². The Bertz CT molecular complexity index is 1020. The zero-order valence-electron chi connectivity index (χ0n) is 42.9. The monoisotopic (exact) mass is 890 g/mol. The lowest BCUT2D eigenvalue weighted by Crippen LogP contribution is -2.54. The summed E-state index contributed by atoms with van der Waals surface area (Å²) in [4.78, 5) is 50.9. The lowest BCUT2D eigenvalue weighted by molar-refractivity contribution is -0.140. The van der Waals surface area contributed by atoms with E-state index in [-0.39, 0.29) is 17.8 Å². The van der Waals surface area contributed by atoms with Crippen LogP contribution in [0.15, 0.2) is 0 Å². The molecular formula is C54H107N5O4. The Morgan fingerprint density at radius 1 is 0.349 bits per heavy atom. The number of hydrogen-bond acceptors (Lipinski definition) is 7. The molecule has 9 nitrogen and oxygen atoms in total. The zero-order valence-corrected chi connectivity index (χ0v) is 42.9. The van der Waals surface area contributed by atoms with Crippen LogP contribution in [0.5, 0.6) is 0 Å². The molecule has 1 fully saturated rings. The summed E-state index contributed by atoms with van der Waals surface area (Å²) in [5.74, 6) is 0.341. The summed E-state index contributed by atoms with van der Waals surface area (Å²) in [7, 11) is 1.46. The minimum Gasteiger partial charge on any atom is -0.469 e. The topological polar surface area (TPSA) is 76.6 Å². The van der Waals surface area contributed by atoms with Crippen molar-refractivity contribution in [1.29, 1.82) is 0 Å². The van der Waals surface area contributed by atoms with Crippen molar-refractivity contribution in [2.24, 2.45) is 0 Å². The molecule has 1 saturated heterocycles. The average Bonchev–Trinajstić information content (AvgIpc) is 3.29. The molecule has 0 unspecified atom stereocenters. The predicted molar refractivity (Wildman–Crippen MR) is 270 cm³/mol. The van der Waals surface area contributed by atoms with Crippen molar-refractivity contribution in [1.82, 2.24) is 24.5 Å². The van der Waals surface area contributed by atoms with Gasteiger partial charge in [-0.2, -0.15) is 0 Å². The van der Waals surface area contributed by atoms with Crippen LogP contribution in [0.25, 0.3) is 0 Å². The van der Waals surface area contributed by atoms with Crippen LogP contribution in [0, 0.1) is 0 Å². The van der Waals surface area contributed by atoms with Crippen molar-refractivity contribution in [2.75, 3.05) is 92.2 Å². The fraction of sp³-hybridized carbons (Fsp3) is 0.944. The smallest absolute Gasteiger partial charge is 0.305 e. The third kappa shape index (κ3) is 35.2. The van der Waals surface area contributed by atoms with E-state index in [1.165, 1.54) is 180 Å². The van der Waals surface area contributed by atoms with Crippen LogP contribution in [0.2, 0.25) is 0 Å². The van der Waals surface area contributed by atoms with Crippen molar-refractivity contribution in [3.8, 4) is 0 Å².